The summed E-state index contributed by atoms with van der Waals surface area (Å²) in [4.78, 5) is 30.2. The lowest BCUT2D eigenvalue weighted by molar-refractivity contribution is -0.124. The third-order valence-electron chi connectivity index (χ3n) is 3.86. The van der Waals surface area contributed by atoms with E-state index in [0.717, 1.165) is 0 Å². The first-order valence-electron chi connectivity index (χ1n) is 7.36. The van der Waals surface area contributed by atoms with Gasteiger partial charge in [0, 0.05) is 18.7 Å². The molecule has 7 heteroatoms. The zero-order valence-corrected chi connectivity index (χ0v) is 12.6. The van der Waals surface area contributed by atoms with Crippen molar-refractivity contribution in [1.29, 1.82) is 0 Å². The van der Waals surface area contributed by atoms with E-state index in [1.807, 2.05) is 0 Å². The van der Waals surface area contributed by atoms with Gasteiger partial charge < -0.3 is 14.6 Å². The van der Waals surface area contributed by atoms with Gasteiger partial charge in [-0.05, 0) is 37.6 Å². The van der Waals surface area contributed by atoms with E-state index < -0.39 is 6.04 Å². The summed E-state index contributed by atoms with van der Waals surface area (Å²) in [6, 6.07) is 5.03. The molecule has 1 fully saturated rings. The van der Waals surface area contributed by atoms with Crippen molar-refractivity contribution >= 4 is 11.8 Å². The molecule has 3 rings (SSSR count). The molecule has 1 aliphatic rings. The Bertz CT molecular complexity index is 726. The molecule has 1 aromatic carbocycles. The Kier molecular flexibility index (Phi) is 4.10. The summed E-state index contributed by atoms with van der Waals surface area (Å²) in [5.41, 5.74) is 0.678. The van der Waals surface area contributed by atoms with Gasteiger partial charge in [0.1, 0.15) is 11.9 Å². The molecule has 2 aromatic rings. The van der Waals surface area contributed by atoms with Gasteiger partial charge in [0.05, 0.1) is 0 Å². The van der Waals surface area contributed by atoms with Crippen LogP contribution in [0.4, 0.5) is 4.39 Å². The molecule has 0 aliphatic carbocycles. The largest absolute Gasteiger partial charge is 0.443 e. The first kappa shape index (κ1) is 15.2. The van der Waals surface area contributed by atoms with E-state index in [-0.39, 0.29) is 29.1 Å². The van der Waals surface area contributed by atoms with Crippen molar-refractivity contribution in [1.82, 2.24) is 15.2 Å². The highest BCUT2D eigenvalue weighted by atomic mass is 19.1. The van der Waals surface area contributed by atoms with Gasteiger partial charge in [-0.25, -0.2) is 9.37 Å². The van der Waals surface area contributed by atoms with E-state index >= 15 is 0 Å². The predicted molar refractivity (Wildman–Crippen MR) is 80.0 cm³/mol. The first-order valence-corrected chi connectivity index (χ1v) is 7.36. The molecule has 1 atom stereocenters. The number of hydrogen-bond donors (Lipinski definition) is 1. The van der Waals surface area contributed by atoms with Gasteiger partial charge >= 0.3 is 0 Å². The summed E-state index contributed by atoms with van der Waals surface area (Å²) in [6.45, 7) is 2.67. The van der Waals surface area contributed by atoms with Gasteiger partial charge in [-0.2, -0.15) is 0 Å². The number of carbonyl (C=O) groups excluding carboxylic acids is 2. The van der Waals surface area contributed by atoms with Crippen LogP contribution in [-0.4, -0.2) is 40.8 Å². The van der Waals surface area contributed by atoms with Crippen molar-refractivity contribution in [2.24, 2.45) is 0 Å². The van der Waals surface area contributed by atoms with E-state index in [0.29, 0.717) is 25.1 Å². The van der Waals surface area contributed by atoms with Gasteiger partial charge in [-0.1, -0.05) is 0 Å². The smallest absolute Gasteiger partial charge is 0.277 e. The highest BCUT2D eigenvalue weighted by molar-refractivity contribution is 6.00. The first-order chi connectivity index (χ1) is 11.1. The highest BCUT2D eigenvalue weighted by Crippen LogP contribution is 2.25. The lowest BCUT2D eigenvalue weighted by Crippen LogP contribution is -2.45. The lowest BCUT2D eigenvalue weighted by atomic mass is 10.1. The van der Waals surface area contributed by atoms with Crippen LogP contribution >= 0.6 is 0 Å². The zero-order valence-electron chi connectivity index (χ0n) is 12.6. The quantitative estimate of drug-likeness (QED) is 0.917. The number of hydrogen-bond acceptors (Lipinski definition) is 4. The molecule has 1 N–H and O–H groups in total. The third kappa shape index (κ3) is 2.94. The van der Waals surface area contributed by atoms with Crippen LogP contribution in [0.1, 0.15) is 23.8 Å². The average Bonchev–Trinajstić information content (AvgIpc) is 2.97. The number of benzene rings is 1. The summed E-state index contributed by atoms with van der Waals surface area (Å²) in [6.07, 6.45) is 1.85. The van der Waals surface area contributed by atoms with Crippen LogP contribution in [0.5, 0.6) is 0 Å². The molecule has 1 saturated heterocycles. The van der Waals surface area contributed by atoms with E-state index in [1.54, 1.807) is 6.92 Å². The minimum atomic E-state index is -0.581. The molecule has 1 unspecified atom stereocenters. The molecule has 0 radical (unpaired) electrons. The molecular weight excluding hydrogens is 301 g/mol. The number of nitrogens with one attached hydrogen (secondary N) is 1. The Morgan fingerprint density at radius 1 is 1.39 bits per heavy atom. The predicted octanol–water partition coefficient (Wildman–Crippen LogP) is 1.83. The number of carbonyl (C=O) groups is 2. The van der Waals surface area contributed by atoms with E-state index in [1.165, 1.54) is 35.6 Å². The van der Waals surface area contributed by atoms with Crippen molar-refractivity contribution < 1.29 is 18.4 Å². The average molecular weight is 317 g/mol. The summed E-state index contributed by atoms with van der Waals surface area (Å²) in [5, 5.41) is 2.76. The summed E-state index contributed by atoms with van der Waals surface area (Å²) in [7, 11) is 0. The number of aromatic nitrogens is 1. The van der Waals surface area contributed by atoms with Crippen LogP contribution in [0, 0.1) is 5.82 Å². The van der Waals surface area contributed by atoms with E-state index in [2.05, 4.69) is 10.3 Å². The van der Waals surface area contributed by atoms with Crippen molar-refractivity contribution in [3.63, 3.8) is 0 Å². The molecule has 23 heavy (non-hydrogen) atoms. The molecule has 120 valence electrons. The maximum atomic E-state index is 13.1. The van der Waals surface area contributed by atoms with Gasteiger partial charge in [0.15, 0.2) is 17.8 Å². The highest BCUT2D eigenvalue weighted by Gasteiger charge is 2.31. The Balaban J connectivity index is 1.93. The topological polar surface area (TPSA) is 75.4 Å². The Hall–Kier alpha value is -2.70. The van der Waals surface area contributed by atoms with Gasteiger partial charge in [0.25, 0.3) is 5.91 Å². The van der Waals surface area contributed by atoms with Gasteiger partial charge in [0.2, 0.25) is 5.91 Å². The minimum absolute atomic E-state index is 0.123. The summed E-state index contributed by atoms with van der Waals surface area (Å²) < 4.78 is 18.4. The summed E-state index contributed by atoms with van der Waals surface area (Å²) in [5.74, 6) is -0.670. The molecule has 6 nitrogen and oxygen atoms in total. The molecule has 2 heterocycles. The lowest BCUT2D eigenvalue weighted by Gasteiger charge is -2.24. The van der Waals surface area contributed by atoms with Crippen LogP contribution in [0.25, 0.3) is 11.3 Å². The molecular formula is C16H16FN3O3. The second-order valence-electron chi connectivity index (χ2n) is 5.36. The second-order valence-corrected chi connectivity index (χ2v) is 5.36. The van der Waals surface area contributed by atoms with Crippen LogP contribution in [-0.2, 0) is 4.79 Å². The van der Waals surface area contributed by atoms with Gasteiger partial charge in [-0.3, -0.25) is 9.59 Å². The normalized spacial score (nSPS) is 18.4. The maximum Gasteiger partial charge on any atom is 0.277 e. The monoisotopic (exact) mass is 317 g/mol. The standard InChI is InChI=1S/C16H16FN3O3/c1-10-15(21)18-7-2-8-20(10)16(22)13-14(23-9-19-13)11-3-5-12(17)6-4-11/h3-6,9-10H,2,7-8H2,1H3,(H,18,21). The molecule has 2 amide bonds. The van der Waals surface area contributed by atoms with Crippen LogP contribution in [0.15, 0.2) is 35.1 Å². The molecule has 1 aliphatic heterocycles. The zero-order chi connectivity index (χ0) is 16.4. The molecule has 0 bridgehead atoms. The fourth-order valence-corrected chi connectivity index (χ4v) is 2.56. The number of nitrogens with zero attached hydrogens (tertiary/aromatic N) is 2. The Morgan fingerprint density at radius 3 is 2.87 bits per heavy atom. The minimum Gasteiger partial charge on any atom is -0.443 e. The second kappa shape index (κ2) is 6.20. The Labute approximate surface area is 132 Å². The van der Waals surface area contributed by atoms with E-state index in [4.69, 9.17) is 4.42 Å². The number of oxazole rings is 1. The maximum absolute atomic E-state index is 13.1. The molecule has 0 saturated carbocycles. The number of rotatable bonds is 2. The van der Waals surface area contributed by atoms with E-state index in [9.17, 15) is 14.0 Å². The van der Waals surface area contributed by atoms with Gasteiger partial charge in [-0.15, -0.1) is 0 Å². The fraction of sp³-hybridized carbons (Fsp3) is 0.312. The third-order valence-corrected chi connectivity index (χ3v) is 3.86. The summed E-state index contributed by atoms with van der Waals surface area (Å²) >= 11 is 0. The van der Waals surface area contributed by atoms with Crippen molar-refractivity contribution in [3.8, 4) is 11.3 Å². The number of halogens is 1. The SMILES string of the molecule is CC1C(=O)NCCCN1C(=O)c1ncoc1-c1ccc(F)cc1. The number of amides is 2. The van der Waals surface area contributed by atoms with Crippen molar-refractivity contribution in [2.45, 2.75) is 19.4 Å². The Morgan fingerprint density at radius 2 is 2.13 bits per heavy atom. The van der Waals surface area contributed by atoms with Crippen molar-refractivity contribution in [2.75, 3.05) is 13.1 Å². The molecule has 0 spiro atoms. The van der Waals surface area contributed by atoms with Crippen LogP contribution in [0.2, 0.25) is 0 Å². The fourth-order valence-electron chi connectivity index (χ4n) is 2.56. The van der Waals surface area contributed by atoms with Crippen LogP contribution < -0.4 is 5.32 Å². The van der Waals surface area contributed by atoms with Crippen LogP contribution in [0.3, 0.4) is 0 Å². The molecule has 1 aromatic heterocycles. The van der Waals surface area contributed by atoms with Crippen molar-refractivity contribution in [3.05, 3.63) is 42.2 Å².